The quantitative estimate of drug-likeness (QED) is 0.187. The van der Waals surface area contributed by atoms with Gasteiger partial charge in [-0.15, -0.1) is 0 Å². The van der Waals surface area contributed by atoms with Gasteiger partial charge in [-0.1, -0.05) is 109 Å². The molecule has 0 saturated carbocycles. The molecule has 0 unspecified atom stereocenters. The SMILES string of the molecule is c1ccc(-c2nc(-c3cccc(-c4ccc(-n5c6ccccc6c6ccccc65)cc4)c3)nc(-c3cccc4oc5cnccc5c34)n2)cc1. The Morgan fingerprint density at radius 3 is 1.86 bits per heavy atom. The van der Waals surface area contributed by atoms with E-state index in [9.17, 15) is 0 Å². The second-order valence-corrected chi connectivity index (χ2v) is 12.3. The zero-order valence-corrected chi connectivity index (χ0v) is 26.7. The van der Waals surface area contributed by atoms with Crippen LogP contribution < -0.4 is 0 Å². The van der Waals surface area contributed by atoms with Crippen LogP contribution in [0.25, 0.3) is 94.7 Å². The lowest BCUT2D eigenvalue weighted by Crippen LogP contribution is -2.00. The fourth-order valence-electron chi connectivity index (χ4n) is 7.05. The van der Waals surface area contributed by atoms with Crippen molar-refractivity contribution in [3.63, 3.8) is 0 Å². The first-order valence-electron chi connectivity index (χ1n) is 16.5. The van der Waals surface area contributed by atoms with E-state index in [2.05, 4.69) is 107 Å². The van der Waals surface area contributed by atoms with Crippen LogP contribution in [0.2, 0.25) is 0 Å². The van der Waals surface area contributed by atoms with Gasteiger partial charge in [0.15, 0.2) is 23.1 Å². The Hall–Kier alpha value is -6.92. The standard InChI is InChI=1S/C44H27N5O/c1-2-10-29(11-3-1)42-46-43(48-44(47-42)36-16-9-19-39-41(36)35-24-25-45-27-40(35)50-39)31-13-8-12-30(26-31)28-20-22-32(23-21-28)49-37-17-6-4-14-33(37)34-15-5-7-18-38(34)49/h1-27H. The Morgan fingerprint density at radius 2 is 1.08 bits per heavy atom. The van der Waals surface area contributed by atoms with Crippen molar-refractivity contribution in [1.82, 2.24) is 24.5 Å². The summed E-state index contributed by atoms with van der Waals surface area (Å²) >= 11 is 0. The van der Waals surface area contributed by atoms with Crippen LogP contribution in [0, 0.1) is 0 Å². The van der Waals surface area contributed by atoms with Crippen molar-refractivity contribution in [3.05, 3.63) is 164 Å². The van der Waals surface area contributed by atoms with E-state index >= 15 is 0 Å². The summed E-state index contributed by atoms with van der Waals surface area (Å²) in [5.74, 6) is 1.79. The van der Waals surface area contributed by atoms with E-state index in [0.29, 0.717) is 17.5 Å². The number of nitrogens with zero attached hydrogens (tertiary/aromatic N) is 5. The monoisotopic (exact) mass is 641 g/mol. The highest BCUT2D eigenvalue weighted by Crippen LogP contribution is 2.37. The predicted molar refractivity (Wildman–Crippen MR) is 201 cm³/mol. The summed E-state index contributed by atoms with van der Waals surface area (Å²) in [5.41, 5.74) is 9.89. The van der Waals surface area contributed by atoms with Crippen molar-refractivity contribution in [1.29, 1.82) is 0 Å². The van der Waals surface area contributed by atoms with Gasteiger partial charge in [0.05, 0.1) is 17.2 Å². The third kappa shape index (κ3) is 4.58. The van der Waals surface area contributed by atoms with E-state index in [4.69, 9.17) is 19.4 Å². The molecule has 50 heavy (non-hydrogen) atoms. The zero-order valence-electron chi connectivity index (χ0n) is 26.7. The Labute approximate surface area is 287 Å². The summed E-state index contributed by atoms with van der Waals surface area (Å²) in [6, 6.07) is 52.3. The van der Waals surface area contributed by atoms with Crippen molar-refractivity contribution in [3.8, 4) is 51.0 Å². The van der Waals surface area contributed by atoms with Crippen LogP contribution in [0.4, 0.5) is 0 Å². The lowest BCUT2D eigenvalue weighted by molar-refractivity contribution is 0.667. The molecule has 10 aromatic rings. The van der Waals surface area contributed by atoms with Crippen LogP contribution in [0.3, 0.4) is 0 Å². The number of pyridine rings is 1. The number of rotatable bonds is 5. The predicted octanol–water partition coefficient (Wildman–Crippen LogP) is 10.9. The first-order valence-corrected chi connectivity index (χ1v) is 16.5. The highest BCUT2D eigenvalue weighted by molar-refractivity contribution is 6.12. The molecule has 0 fully saturated rings. The Kier molecular flexibility index (Phi) is 6.39. The third-order valence-corrected chi connectivity index (χ3v) is 9.37. The van der Waals surface area contributed by atoms with Crippen molar-refractivity contribution in [2.75, 3.05) is 0 Å². The van der Waals surface area contributed by atoms with Gasteiger partial charge in [0, 0.05) is 50.1 Å². The molecule has 0 atom stereocenters. The van der Waals surface area contributed by atoms with E-state index in [0.717, 1.165) is 55.4 Å². The Bertz CT molecular complexity index is 2820. The van der Waals surface area contributed by atoms with Gasteiger partial charge in [0.25, 0.3) is 0 Å². The highest BCUT2D eigenvalue weighted by atomic mass is 16.3. The fraction of sp³-hybridized carbons (Fsp3) is 0. The molecule has 6 heteroatoms. The minimum absolute atomic E-state index is 0.583. The van der Waals surface area contributed by atoms with Gasteiger partial charge >= 0.3 is 0 Å². The van der Waals surface area contributed by atoms with Gasteiger partial charge in [-0.05, 0) is 53.6 Å². The molecule has 234 valence electrons. The average molecular weight is 642 g/mol. The van der Waals surface area contributed by atoms with Gasteiger partial charge in [-0.3, -0.25) is 4.98 Å². The summed E-state index contributed by atoms with van der Waals surface area (Å²) in [4.78, 5) is 19.4. The second kappa shape index (κ2) is 11.4. The largest absolute Gasteiger partial charge is 0.454 e. The fourth-order valence-corrected chi connectivity index (χ4v) is 7.05. The number of furan rings is 1. The van der Waals surface area contributed by atoms with E-state index in [-0.39, 0.29) is 0 Å². The van der Waals surface area contributed by atoms with Crippen molar-refractivity contribution in [2.24, 2.45) is 0 Å². The Morgan fingerprint density at radius 1 is 0.440 bits per heavy atom. The molecule has 0 spiro atoms. The van der Waals surface area contributed by atoms with Gasteiger partial charge in [0.2, 0.25) is 0 Å². The van der Waals surface area contributed by atoms with Crippen LogP contribution in [0.5, 0.6) is 0 Å². The number of fused-ring (bicyclic) bond motifs is 6. The lowest BCUT2D eigenvalue weighted by Gasteiger charge is -2.11. The molecule has 4 aromatic heterocycles. The van der Waals surface area contributed by atoms with E-state index in [1.165, 1.54) is 21.8 Å². The van der Waals surface area contributed by atoms with E-state index in [1.807, 2.05) is 54.6 Å². The first kappa shape index (κ1) is 28.1. The van der Waals surface area contributed by atoms with Crippen LogP contribution in [-0.4, -0.2) is 24.5 Å². The topological polar surface area (TPSA) is 69.6 Å². The molecule has 0 aliphatic rings. The van der Waals surface area contributed by atoms with Gasteiger partial charge in [-0.2, -0.15) is 0 Å². The molecule has 0 aliphatic carbocycles. The molecule has 6 aromatic carbocycles. The average Bonchev–Trinajstić information content (AvgIpc) is 3.74. The van der Waals surface area contributed by atoms with Crippen molar-refractivity contribution < 1.29 is 4.42 Å². The number of aromatic nitrogens is 5. The maximum absolute atomic E-state index is 6.15. The molecule has 0 radical (unpaired) electrons. The normalized spacial score (nSPS) is 11.6. The molecule has 0 amide bonds. The van der Waals surface area contributed by atoms with Crippen LogP contribution >= 0.6 is 0 Å². The van der Waals surface area contributed by atoms with E-state index in [1.54, 1.807) is 12.4 Å². The number of para-hydroxylation sites is 2. The summed E-state index contributed by atoms with van der Waals surface area (Å²) in [7, 11) is 0. The zero-order chi connectivity index (χ0) is 33.0. The molecule has 4 heterocycles. The number of hydrogen-bond acceptors (Lipinski definition) is 5. The molecular formula is C44H27N5O. The molecule has 0 bridgehead atoms. The second-order valence-electron chi connectivity index (χ2n) is 12.3. The maximum atomic E-state index is 6.15. The van der Waals surface area contributed by atoms with Gasteiger partial charge in [-0.25, -0.2) is 15.0 Å². The molecular weight excluding hydrogens is 615 g/mol. The summed E-state index contributed by atoms with van der Waals surface area (Å²) in [5, 5.41) is 4.43. The van der Waals surface area contributed by atoms with Crippen LogP contribution in [-0.2, 0) is 0 Å². The number of hydrogen-bond donors (Lipinski definition) is 0. The molecule has 0 aliphatic heterocycles. The first-order chi connectivity index (χ1) is 24.8. The smallest absolute Gasteiger partial charge is 0.164 e. The van der Waals surface area contributed by atoms with Crippen LogP contribution in [0.1, 0.15) is 0 Å². The Balaban J connectivity index is 1.09. The van der Waals surface area contributed by atoms with Gasteiger partial charge < -0.3 is 8.98 Å². The van der Waals surface area contributed by atoms with E-state index < -0.39 is 0 Å². The third-order valence-electron chi connectivity index (χ3n) is 9.37. The molecule has 6 nitrogen and oxygen atoms in total. The van der Waals surface area contributed by atoms with Crippen molar-refractivity contribution in [2.45, 2.75) is 0 Å². The maximum Gasteiger partial charge on any atom is 0.164 e. The molecule has 0 saturated heterocycles. The molecule has 0 N–H and O–H groups in total. The highest BCUT2D eigenvalue weighted by Gasteiger charge is 2.18. The lowest BCUT2D eigenvalue weighted by atomic mass is 10.0. The molecule has 10 rings (SSSR count). The minimum atomic E-state index is 0.583. The van der Waals surface area contributed by atoms with Gasteiger partial charge in [0.1, 0.15) is 5.58 Å². The minimum Gasteiger partial charge on any atom is -0.454 e. The van der Waals surface area contributed by atoms with Crippen molar-refractivity contribution >= 4 is 43.7 Å². The summed E-state index contributed by atoms with van der Waals surface area (Å²) in [6.45, 7) is 0. The van der Waals surface area contributed by atoms with Crippen LogP contribution in [0.15, 0.2) is 168 Å². The summed E-state index contributed by atoms with van der Waals surface area (Å²) < 4.78 is 8.48. The summed E-state index contributed by atoms with van der Waals surface area (Å²) in [6.07, 6.45) is 3.53. The number of benzene rings is 6.